The van der Waals surface area contributed by atoms with Gasteiger partial charge in [0.2, 0.25) is 0 Å². The third-order valence-electron chi connectivity index (χ3n) is 6.76. The third-order valence-corrected chi connectivity index (χ3v) is 6.76. The predicted octanol–water partition coefficient (Wildman–Crippen LogP) is 5.98. The van der Waals surface area contributed by atoms with E-state index in [1.54, 1.807) is 48.5 Å². The van der Waals surface area contributed by atoms with Crippen molar-refractivity contribution in [3.63, 3.8) is 0 Å². The van der Waals surface area contributed by atoms with Crippen molar-refractivity contribution in [1.82, 2.24) is 15.1 Å². The van der Waals surface area contributed by atoms with Crippen molar-refractivity contribution in [2.45, 2.75) is 38.6 Å². The van der Waals surface area contributed by atoms with Crippen LogP contribution >= 0.6 is 0 Å². The second-order valence-corrected chi connectivity index (χ2v) is 9.25. The van der Waals surface area contributed by atoms with Crippen molar-refractivity contribution in [1.29, 1.82) is 0 Å². The first kappa shape index (κ1) is 24.2. The van der Waals surface area contributed by atoms with Crippen LogP contribution in [0.3, 0.4) is 0 Å². The molecule has 0 bridgehead atoms. The molecule has 1 heterocycles. The molecule has 0 unspecified atom stereocenters. The van der Waals surface area contributed by atoms with Gasteiger partial charge in [-0.25, -0.2) is 9.18 Å². The van der Waals surface area contributed by atoms with Gasteiger partial charge in [0.25, 0.3) is 5.91 Å². The number of carbonyl (C=O) groups excluding carboxylic acids is 2. The van der Waals surface area contributed by atoms with Crippen LogP contribution in [0.2, 0.25) is 0 Å². The molecule has 0 saturated heterocycles. The fraction of sp³-hybridized carbons (Fsp3) is 0.207. The predicted molar refractivity (Wildman–Crippen MR) is 139 cm³/mol. The Bertz CT molecular complexity index is 1480. The number of phenolic OH excluding ortho intramolecular Hbond substituents is 1. The lowest BCUT2D eigenvalue weighted by molar-refractivity contribution is 0.102. The number of aromatic hydroxyl groups is 1. The lowest BCUT2D eigenvalue weighted by atomic mass is 9.82. The number of hydrogen-bond acceptors (Lipinski definition) is 4. The second-order valence-electron chi connectivity index (χ2n) is 9.25. The van der Waals surface area contributed by atoms with Gasteiger partial charge in [-0.3, -0.25) is 4.79 Å². The average molecular weight is 499 g/mol. The van der Waals surface area contributed by atoms with Crippen molar-refractivity contribution in [3.8, 4) is 17.0 Å². The number of nitrogens with zero attached hydrogens (tertiary/aromatic N) is 2. The number of carbonyl (C=O) groups is 2. The van der Waals surface area contributed by atoms with Gasteiger partial charge in [-0.05, 0) is 61.7 Å². The van der Waals surface area contributed by atoms with Crippen LogP contribution in [-0.2, 0) is 6.54 Å². The molecule has 0 radical (unpaired) electrons. The van der Waals surface area contributed by atoms with Gasteiger partial charge in [-0.2, -0.15) is 9.78 Å². The van der Waals surface area contributed by atoms with Crippen LogP contribution in [0, 0.1) is 12.7 Å². The van der Waals surface area contributed by atoms with Gasteiger partial charge in [-0.15, -0.1) is 0 Å². The van der Waals surface area contributed by atoms with Crippen molar-refractivity contribution in [3.05, 3.63) is 101 Å². The Hall–Kier alpha value is -4.46. The largest absolute Gasteiger partial charge is 0.507 e. The molecular formula is C29H27FN4O3. The Morgan fingerprint density at radius 1 is 1.05 bits per heavy atom. The summed E-state index contributed by atoms with van der Waals surface area (Å²) in [6, 6.07) is 19.6. The molecule has 2 amide bonds. The molecule has 3 aromatic carbocycles. The maximum atomic E-state index is 14.0. The molecule has 1 saturated carbocycles. The molecule has 37 heavy (non-hydrogen) atoms. The number of halogens is 1. The maximum Gasteiger partial charge on any atom is 0.342 e. The molecule has 4 aromatic rings. The van der Waals surface area contributed by atoms with Gasteiger partial charge >= 0.3 is 6.03 Å². The van der Waals surface area contributed by atoms with Gasteiger partial charge in [0.05, 0.1) is 11.4 Å². The van der Waals surface area contributed by atoms with E-state index in [4.69, 9.17) is 0 Å². The Labute approximate surface area is 214 Å². The fourth-order valence-electron chi connectivity index (χ4n) is 4.42. The van der Waals surface area contributed by atoms with E-state index in [1.165, 1.54) is 16.8 Å². The number of phenols is 1. The number of benzene rings is 3. The van der Waals surface area contributed by atoms with Gasteiger partial charge in [0, 0.05) is 34.8 Å². The quantitative estimate of drug-likeness (QED) is 0.285. The zero-order valence-electron chi connectivity index (χ0n) is 20.4. The maximum absolute atomic E-state index is 14.0. The summed E-state index contributed by atoms with van der Waals surface area (Å²) >= 11 is 0. The smallest absolute Gasteiger partial charge is 0.342 e. The minimum absolute atomic E-state index is 0.0227. The van der Waals surface area contributed by atoms with Crippen LogP contribution in [0.1, 0.15) is 52.4 Å². The number of aromatic nitrogens is 2. The Morgan fingerprint density at radius 3 is 2.54 bits per heavy atom. The van der Waals surface area contributed by atoms with Gasteiger partial charge in [0.1, 0.15) is 11.6 Å². The molecular weight excluding hydrogens is 471 g/mol. The molecule has 1 fully saturated rings. The van der Waals surface area contributed by atoms with E-state index >= 15 is 0 Å². The third kappa shape index (κ3) is 5.09. The number of nitrogens with one attached hydrogen (secondary N) is 2. The fourth-order valence-corrected chi connectivity index (χ4v) is 4.42. The summed E-state index contributed by atoms with van der Waals surface area (Å²) in [5.41, 5.74) is 3.81. The van der Waals surface area contributed by atoms with E-state index < -0.39 is 11.8 Å². The highest BCUT2D eigenvalue weighted by atomic mass is 19.1. The second kappa shape index (κ2) is 10.3. The minimum Gasteiger partial charge on any atom is -0.507 e. The number of rotatable bonds is 6. The van der Waals surface area contributed by atoms with Crippen molar-refractivity contribution < 1.29 is 19.1 Å². The summed E-state index contributed by atoms with van der Waals surface area (Å²) in [5, 5.41) is 20.7. The summed E-state index contributed by atoms with van der Waals surface area (Å²) in [7, 11) is 0. The first-order valence-corrected chi connectivity index (χ1v) is 12.2. The number of amides is 2. The van der Waals surface area contributed by atoms with Gasteiger partial charge in [0.15, 0.2) is 0 Å². The Morgan fingerprint density at radius 2 is 1.81 bits per heavy atom. The molecule has 1 aromatic heterocycles. The van der Waals surface area contributed by atoms with Crippen LogP contribution < -0.4 is 10.6 Å². The number of anilines is 1. The topological polar surface area (TPSA) is 96.2 Å². The summed E-state index contributed by atoms with van der Waals surface area (Å²) in [4.78, 5) is 25.9. The standard InChI is InChI=1S/C29H27FN4O3/c1-18-7-2-4-11-22(18)28(36)32-21-13-14-27(35)23(15-21)25-16-26(19-9-6-10-19)34(33-25)29(37)31-17-20-8-3-5-12-24(20)30/h2-5,7-8,11-16,19,35H,6,9-10,17H2,1H3,(H,31,37)(H,32,36). The first-order valence-electron chi connectivity index (χ1n) is 12.2. The molecule has 7 nitrogen and oxygen atoms in total. The number of hydrogen-bond donors (Lipinski definition) is 3. The highest BCUT2D eigenvalue weighted by Crippen LogP contribution is 2.39. The van der Waals surface area contributed by atoms with Crippen LogP contribution in [0.4, 0.5) is 14.9 Å². The Kier molecular flexibility index (Phi) is 6.72. The summed E-state index contributed by atoms with van der Waals surface area (Å²) in [6.45, 7) is 1.89. The van der Waals surface area contributed by atoms with E-state index in [2.05, 4.69) is 15.7 Å². The van der Waals surface area contributed by atoms with Gasteiger partial charge < -0.3 is 15.7 Å². The molecule has 0 aliphatic heterocycles. The lowest BCUT2D eigenvalue weighted by Gasteiger charge is -2.25. The van der Waals surface area contributed by atoms with E-state index in [0.717, 1.165) is 30.5 Å². The molecule has 8 heteroatoms. The first-order chi connectivity index (χ1) is 17.9. The van der Waals surface area contributed by atoms with Crippen LogP contribution in [0.5, 0.6) is 5.75 Å². The molecule has 5 rings (SSSR count). The molecule has 3 N–H and O–H groups in total. The normalized spacial score (nSPS) is 13.1. The summed E-state index contributed by atoms with van der Waals surface area (Å²) < 4.78 is 15.3. The summed E-state index contributed by atoms with van der Waals surface area (Å²) in [6.07, 6.45) is 2.93. The van der Waals surface area contributed by atoms with Crippen molar-refractivity contribution in [2.75, 3.05) is 5.32 Å². The number of aryl methyl sites for hydroxylation is 1. The van der Waals surface area contributed by atoms with Crippen molar-refractivity contribution in [2.24, 2.45) is 0 Å². The monoisotopic (exact) mass is 498 g/mol. The molecule has 0 spiro atoms. The van der Waals surface area contributed by atoms with E-state index in [-0.39, 0.29) is 24.1 Å². The van der Waals surface area contributed by atoms with E-state index in [0.29, 0.717) is 28.1 Å². The minimum atomic E-state index is -0.472. The lowest BCUT2D eigenvalue weighted by Crippen LogP contribution is -2.31. The zero-order valence-corrected chi connectivity index (χ0v) is 20.4. The molecule has 0 atom stereocenters. The highest BCUT2D eigenvalue weighted by molar-refractivity contribution is 6.05. The molecule has 1 aliphatic rings. The molecule has 188 valence electrons. The zero-order chi connectivity index (χ0) is 25.9. The van der Waals surface area contributed by atoms with Gasteiger partial charge in [-0.1, -0.05) is 42.8 Å². The van der Waals surface area contributed by atoms with Crippen molar-refractivity contribution >= 4 is 17.6 Å². The summed E-state index contributed by atoms with van der Waals surface area (Å²) in [5.74, 6) is -0.502. The van der Waals surface area contributed by atoms with Crippen LogP contribution in [0.25, 0.3) is 11.3 Å². The van der Waals surface area contributed by atoms with E-state index in [1.807, 2.05) is 19.1 Å². The van der Waals surface area contributed by atoms with E-state index in [9.17, 15) is 19.1 Å². The molecule has 1 aliphatic carbocycles. The highest BCUT2D eigenvalue weighted by Gasteiger charge is 2.28. The average Bonchev–Trinajstić information content (AvgIpc) is 3.28. The Balaban J connectivity index is 1.42. The van der Waals surface area contributed by atoms with Crippen LogP contribution in [0.15, 0.2) is 72.8 Å². The SMILES string of the molecule is Cc1ccccc1C(=O)Nc1ccc(O)c(-c2cc(C3CCC3)n(C(=O)NCc3ccccc3F)n2)c1. The van der Waals surface area contributed by atoms with Crippen LogP contribution in [-0.4, -0.2) is 26.8 Å².